The summed E-state index contributed by atoms with van der Waals surface area (Å²) in [6, 6.07) is 9.97. The maximum absolute atomic E-state index is 5.77. The zero-order valence-corrected chi connectivity index (χ0v) is 12.0. The third-order valence-electron chi connectivity index (χ3n) is 2.56. The van der Waals surface area contributed by atoms with E-state index >= 15 is 0 Å². The summed E-state index contributed by atoms with van der Waals surface area (Å²) in [4.78, 5) is 4.17. The van der Waals surface area contributed by atoms with Gasteiger partial charge >= 0.3 is 0 Å². The van der Waals surface area contributed by atoms with Gasteiger partial charge in [0.15, 0.2) is 0 Å². The second-order valence-corrected chi connectivity index (χ2v) is 4.88. The lowest BCUT2D eigenvalue weighted by Gasteiger charge is -2.09. The summed E-state index contributed by atoms with van der Waals surface area (Å²) in [6.45, 7) is 2.58. The van der Waals surface area contributed by atoms with E-state index in [9.17, 15) is 0 Å². The first-order valence-corrected chi connectivity index (χ1v) is 6.50. The first-order valence-electron chi connectivity index (χ1n) is 5.70. The van der Waals surface area contributed by atoms with E-state index in [0.717, 1.165) is 21.6 Å². The Kier molecular flexibility index (Phi) is 4.20. The van der Waals surface area contributed by atoms with Crippen molar-refractivity contribution in [2.75, 3.05) is 12.4 Å². The fourth-order valence-corrected chi connectivity index (χ4v) is 2.19. The number of hydrogen-bond donors (Lipinski definition) is 1. The minimum absolute atomic E-state index is 0.527. The van der Waals surface area contributed by atoms with Crippen molar-refractivity contribution in [2.45, 2.75) is 13.5 Å². The van der Waals surface area contributed by atoms with Crippen LogP contribution in [-0.4, -0.2) is 12.0 Å². The molecule has 0 amide bonds. The molecule has 1 aromatic carbocycles. The van der Waals surface area contributed by atoms with Crippen molar-refractivity contribution in [1.29, 1.82) is 0 Å². The highest BCUT2D eigenvalue weighted by molar-refractivity contribution is 9.10. The molecule has 0 spiro atoms. The van der Waals surface area contributed by atoms with Crippen LogP contribution in [0.15, 0.2) is 41.0 Å². The predicted octanol–water partition coefficient (Wildman–Crippen LogP) is 3.77. The van der Waals surface area contributed by atoms with Crippen LogP contribution in [0.4, 0.5) is 5.82 Å². The Balaban J connectivity index is 2.06. The number of ether oxygens (including phenoxy) is 1. The number of halogens is 1. The summed E-state index contributed by atoms with van der Waals surface area (Å²) in [6.07, 6.45) is 1.77. The van der Waals surface area contributed by atoms with Gasteiger partial charge in [0.25, 0.3) is 0 Å². The number of aryl methyl sites for hydroxylation is 1. The van der Waals surface area contributed by atoms with Gasteiger partial charge in [0.05, 0.1) is 4.47 Å². The van der Waals surface area contributed by atoms with Crippen molar-refractivity contribution in [1.82, 2.24) is 4.98 Å². The Morgan fingerprint density at radius 2 is 2.11 bits per heavy atom. The summed E-state index contributed by atoms with van der Waals surface area (Å²) in [7, 11) is 1.85. The number of aromatic nitrogens is 1. The Hall–Kier alpha value is -1.55. The first kappa shape index (κ1) is 12.9. The fourth-order valence-electron chi connectivity index (χ4n) is 1.58. The quantitative estimate of drug-likeness (QED) is 0.933. The number of benzene rings is 1. The van der Waals surface area contributed by atoms with Gasteiger partial charge in [0.1, 0.15) is 18.2 Å². The van der Waals surface area contributed by atoms with Crippen molar-refractivity contribution >= 4 is 21.7 Å². The Morgan fingerprint density at radius 3 is 2.83 bits per heavy atom. The smallest absolute Gasteiger partial charge is 0.134 e. The number of hydrogen-bond acceptors (Lipinski definition) is 3. The van der Waals surface area contributed by atoms with Crippen LogP contribution in [0.3, 0.4) is 0 Å². The van der Waals surface area contributed by atoms with Crippen LogP contribution < -0.4 is 10.1 Å². The second kappa shape index (κ2) is 5.87. The summed E-state index contributed by atoms with van der Waals surface area (Å²) >= 11 is 3.50. The molecule has 94 valence electrons. The molecule has 2 rings (SSSR count). The van der Waals surface area contributed by atoms with E-state index in [1.807, 2.05) is 37.4 Å². The molecule has 0 unspecified atom stereocenters. The lowest BCUT2D eigenvalue weighted by atomic mass is 10.2. The maximum Gasteiger partial charge on any atom is 0.134 e. The monoisotopic (exact) mass is 306 g/mol. The number of nitrogens with zero attached hydrogens (tertiary/aromatic N) is 1. The van der Waals surface area contributed by atoms with Gasteiger partial charge in [-0.2, -0.15) is 0 Å². The van der Waals surface area contributed by atoms with E-state index in [1.165, 1.54) is 5.56 Å². The van der Waals surface area contributed by atoms with Gasteiger partial charge in [-0.05, 0) is 58.2 Å². The largest absolute Gasteiger partial charge is 0.488 e. The van der Waals surface area contributed by atoms with Crippen molar-refractivity contribution in [3.05, 3.63) is 52.1 Å². The third-order valence-corrected chi connectivity index (χ3v) is 3.18. The van der Waals surface area contributed by atoms with Crippen LogP contribution in [0.2, 0.25) is 0 Å². The zero-order chi connectivity index (χ0) is 13.0. The Bertz CT molecular complexity index is 543. The van der Waals surface area contributed by atoms with Gasteiger partial charge < -0.3 is 10.1 Å². The Labute approximate surface area is 115 Å². The molecule has 1 N–H and O–H groups in total. The zero-order valence-electron chi connectivity index (χ0n) is 10.4. The van der Waals surface area contributed by atoms with Gasteiger partial charge in [-0.15, -0.1) is 0 Å². The normalized spacial score (nSPS) is 10.2. The van der Waals surface area contributed by atoms with Gasteiger partial charge in [-0.3, -0.25) is 0 Å². The molecule has 1 aromatic heterocycles. The standard InChI is InChI=1S/C14H15BrN2O/c1-10-3-4-13(12(15)7-10)18-9-11-5-6-17-14(8-11)16-2/h3-8H,9H2,1-2H3,(H,16,17). The van der Waals surface area contributed by atoms with Crippen LogP contribution in [0.25, 0.3) is 0 Å². The van der Waals surface area contributed by atoms with Crippen LogP contribution >= 0.6 is 15.9 Å². The van der Waals surface area contributed by atoms with E-state index in [1.54, 1.807) is 6.20 Å². The van der Waals surface area contributed by atoms with Gasteiger partial charge in [-0.1, -0.05) is 6.07 Å². The molecule has 0 fully saturated rings. The topological polar surface area (TPSA) is 34.1 Å². The average Bonchev–Trinajstić information content (AvgIpc) is 2.38. The number of anilines is 1. The third kappa shape index (κ3) is 3.23. The number of rotatable bonds is 4. The second-order valence-electron chi connectivity index (χ2n) is 4.02. The van der Waals surface area contributed by atoms with E-state index in [2.05, 4.69) is 33.2 Å². The first-order chi connectivity index (χ1) is 8.69. The molecular weight excluding hydrogens is 292 g/mol. The molecule has 3 nitrogen and oxygen atoms in total. The highest BCUT2D eigenvalue weighted by Gasteiger charge is 2.02. The molecule has 0 radical (unpaired) electrons. The molecule has 4 heteroatoms. The minimum atomic E-state index is 0.527. The summed E-state index contributed by atoms with van der Waals surface area (Å²) in [5.74, 6) is 1.70. The lowest BCUT2D eigenvalue weighted by molar-refractivity contribution is 0.304. The van der Waals surface area contributed by atoms with Gasteiger partial charge in [-0.25, -0.2) is 4.98 Å². The minimum Gasteiger partial charge on any atom is -0.488 e. The Morgan fingerprint density at radius 1 is 1.28 bits per heavy atom. The summed E-state index contributed by atoms with van der Waals surface area (Å²) in [5, 5.41) is 3.01. The van der Waals surface area contributed by atoms with E-state index in [0.29, 0.717) is 6.61 Å². The van der Waals surface area contributed by atoms with Gasteiger partial charge in [0.2, 0.25) is 0 Å². The molecule has 0 saturated heterocycles. The lowest BCUT2D eigenvalue weighted by Crippen LogP contribution is -1.99. The predicted molar refractivity (Wildman–Crippen MR) is 77.0 cm³/mol. The van der Waals surface area contributed by atoms with E-state index in [-0.39, 0.29) is 0 Å². The molecule has 0 atom stereocenters. The molecule has 0 aliphatic rings. The number of pyridine rings is 1. The summed E-state index contributed by atoms with van der Waals surface area (Å²) in [5.41, 5.74) is 2.29. The number of nitrogens with one attached hydrogen (secondary N) is 1. The maximum atomic E-state index is 5.77. The van der Waals surface area contributed by atoms with Crippen LogP contribution in [0.5, 0.6) is 5.75 Å². The SMILES string of the molecule is CNc1cc(COc2ccc(C)cc2Br)ccn1. The van der Waals surface area contributed by atoms with Crippen LogP contribution in [-0.2, 0) is 6.61 Å². The van der Waals surface area contributed by atoms with E-state index < -0.39 is 0 Å². The molecule has 1 heterocycles. The van der Waals surface area contributed by atoms with Crippen LogP contribution in [0.1, 0.15) is 11.1 Å². The molecule has 0 saturated carbocycles. The van der Waals surface area contributed by atoms with E-state index in [4.69, 9.17) is 4.74 Å². The van der Waals surface area contributed by atoms with Crippen molar-refractivity contribution < 1.29 is 4.74 Å². The highest BCUT2D eigenvalue weighted by Crippen LogP contribution is 2.26. The van der Waals surface area contributed by atoms with Crippen molar-refractivity contribution in [3.63, 3.8) is 0 Å². The molecule has 18 heavy (non-hydrogen) atoms. The molecule has 0 aliphatic heterocycles. The van der Waals surface area contributed by atoms with Crippen molar-refractivity contribution in [3.8, 4) is 5.75 Å². The molecule has 0 bridgehead atoms. The molecular formula is C14H15BrN2O. The van der Waals surface area contributed by atoms with Gasteiger partial charge in [0, 0.05) is 13.2 Å². The fraction of sp³-hybridized carbons (Fsp3) is 0.214. The molecule has 0 aliphatic carbocycles. The average molecular weight is 307 g/mol. The van der Waals surface area contributed by atoms with Crippen LogP contribution in [0, 0.1) is 6.92 Å². The molecule has 2 aromatic rings. The van der Waals surface area contributed by atoms with Crippen molar-refractivity contribution in [2.24, 2.45) is 0 Å². The highest BCUT2D eigenvalue weighted by atomic mass is 79.9. The summed E-state index contributed by atoms with van der Waals surface area (Å²) < 4.78 is 6.75.